The lowest BCUT2D eigenvalue weighted by Crippen LogP contribution is -2.40. The van der Waals surface area contributed by atoms with Crippen LogP contribution in [0.5, 0.6) is 0 Å². The Morgan fingerprint density at radius 1 is 1.17 bits per heavy atom. The van der Waals surface area contributed by atoms with Gasteiger partial charge in [-0.2, -0.15) is 9.40 Å². The number of nitrogens with zero attached hydrogens (tertiary/aromatic N) is 3. The topological polar surface area (TPSA) is 93.5 Å². The molecule has 1 aliphatic heterocycles. The number of morpholine rings is 1. The zero-order valence-electron chi connectivity index (χ0n) is 16.3. The Labute approximate surface area is 179 Å². The molecule has 11 heteroatoms. The fraction of sp³-hybridized carbons (Fsp3) is 0.444. The van der Waals surface area contributed by atoms with Crippen LogP contribution in [0.3, 0.4) is 0 Å². The van der Waals surface area contributed by atoms with Gasteiger partial charge in [0, 0.05) is 19.3 Å². The molecule has 0 saturated carbocycles. The highest BCUT2D eigenvalue weighted by molar-refractivity contribution is 7.89. The lowest BCUT2D eigenvalue weighted by molar-refractivity contribution is 0.0730. The van der Waals surface area contributed by atoms with Crippen LogP contribution in [0, 0.1) is 0 Å². The minimum atomic E-state index is -3.89. The van der Waals surface area contributed by atoms with Gasteiger partial charge in [0.15, 0.2) is 0 Å². The molecule has 1 fully saturated rings. The van der Waals surface area contributed by atoms with Gasteiger partial charge in [0.2, 0.25) is 10.0 Å². The maximum Gasteiger partial charge on any atom is 0.257 e. The molecule has 0 spiro atoms. The van der Waals surface area contributed by atoms with Crippen LogP contribution in [0.25, 0.3) is 0 Å². The summed E-state index contributed by atoms with van der Waals surface area (Å²) in [5.74, 6) is -0.557. The van der Waals surface area contributed by atoms with Crippen LogP contribution in [0.4, 0.5) is 5.69 Å². The smallest absolute Gasteiger partial charge is 0.257 e. The van der Waals surface area contributed by atoms with Crippen molar-refractivity contribution in [3.8, 4) is 0 Å². The van der Waals surface area contributed by atoms with Crippen molar-refractivity contribution in [1.82, 2.24) is 14.1 Å². The third-order valence-corrected chi connectivity index (χ3v) is 7.06. The number of rotatable bonds is 4. The molecule has 1 aromatic carbocycles. The molecule has 3 rings (SSSR count). The van der Waals surface area contributed by atoms with E-state index in [1.165, 1.54) is 22.6 Å². The molecular formula is C18H22Cl2N4O4S. The van der Waals surface area contributed by atoms with Crippen molar-refractivity contribution in [2.75, 3.05) is 31.6 Å². The first-order valence-corrected chi connectivity index (χ1v) is 11.1. The Morgan fingerprint density at radius 3 is 2.41 bits per heavy atom. The Balaban J connectivity index is 1.90. The second kappa shape index (κ2) is 8.23. The van der Waals surface area contributed by atoms with Crippen LogP contribution in [0.2, 0.25) is 10.0 Å². The molecule has 1 aliphatic rings. The summed E-state index contributed by atoms with van der Waals surface area (Å²) in [4.78, 5) is 12.6. The van der Waals surface area contributed by atoms with E-state index < -0.39 is 15.9 Å². The van der Waals surface area contributed by atoms with E-state index in [1.54, 1.807) is 10.9 Å². The monoisotopic (exact) mass is 460 g/mol. The van der Waals surface area contributed by atoms with Crippen LogP contribution in [-0.2, 0) is 20.3 Å². The van der Waals surface area contributed by atoms with Gasteiger partial charge in [-0.15, -0.1) is 0 Å². The van der Waals surface area contributed by atoms with Crippen molar-refractivity contribution in [3.05, 3.63) is 40.1 Å². The molecule has 2 heterocycles. The molecule has 1 aromatic heterocycles. The van der Waals surface area contributed by atoms with Gasteiger partial charge < -0.3 is 10.1 Å². The maximum atomic E-state index is 13.0. The number of aromatic nitrogens is 2. The molecule has 2 aromatic rings. The Morgan fingerprint density at radius 2 is 1.83 bits per heavy atom. The van der Waals surface area contributed by atoms with Gasteiger partial charge in [-0.05, 0) is 32.9 Å². The van der Waals surface area contributed by atoms with E-state index in [9.17, 15) is 13.2 Å². The van der Waals surface area contributed by atoms with Gasteiger partial charge in [0.25, 0.3) is 5.91 Å². The van der Waals surface area contributed by atoms with Gasteiger partial charge in [0.05, 0.1) is 46.2 Å². The van der Waals surface area contributed by atoms with Crippen LogP contribution in [0.1, 0.15) is 31.1 Å². The molecule has 8 nitrogen and oxygen atoms in total. The Bertz CT molecular complexity index is 1020. The van der Waals surface area contributed by atoms with Gasteiger partial charge in [-0.25, -0.2) is 8.42 Å². The zero-order valence-corrected chi connectivity index (χ0v) is 18.6. The number of carbonyl (C=O) groups excluding carboxylic acids is 1. The summed E-state index contributed by atoms with van der Waals surface area (Å²) in [5.41, 5.74) is 0.222. The molecular weight excluding hydrogens is 439 g/mol. The number of halogens is 2. The van der Waals surface area contributed by atoms with E-state index in [0.717, 1.165) is 0 Å². The number of carbonyl (C=O) groups is 1. The van der Waals surface area contributed by atoms with E-state index in [-0.39, 0.29) is 39.1 Å². The molecule has 158 valence electrons. The van der Waals surface area contributed by atoms with Gasteiger partial charge in [-0.1, -0.05) is 23.2 Å². The molecule has 0 unspecified atom stereocenters. The average molecular weight is 461 g/mol. The van der Waals surface area contributed by atoms with E-state index >= 15 is 0 Å². The highest BCUT2D eigenvalue weighted by Gasteiger charge is 2.30. The third-order valence-electron chi connectivity index (χ3n) is 4.38. The fourth-order valence-corrected chi connectivity index (χ4v) is 5.02. The number of hydrogen-bond acceptors (Lipinski definition) is 5. The van der Waals surface area contributed by atoms with Crippen molar-refractivity contribution >= 4 is 44.8 Å². The maximum absolute atomic E-state index is 13.0. The number of sulfonamides is 1. The number of ether oxygens (including phenoxy) is 1. The van der Waals surface area contributed by atoms with Crippen LogP contribution in [0.15, 0.2) is 29.4 Å². The standard InChI is InChI=1S/C18H22Cl2N4O4S/c1-18(2,3)24-11-12(10-21-24)22-17(25)13-8-16(15(20)9-14(13)19)29(26,27)23-4-6-28-7-5-23/h8-11H,4-7H2,1-3H3,(H,22,25). The normalized spacial score (nSPS) is 16.0. The number of nitrogens with one attached hydrogen (secondary N) is 1. The second-order valence-corrected chi connectivity index (χ2v) is 10.3. The van der Waals surface area contributed by atoms with Gasteiger partial charge in [0.1, 0.15) is 4.90 Å². The van der Waals surface area contributed by atoms with Crippen LogP contribution >= 0.6 is 23.2 Å². The predicted molar refractivity (Wildman–Crippen MR) is 111 cm³/mol. The van der Waals surface area contributed by atoms with Crippen molar-refractivity contribution in [3.63, 3.8) is 0 Å². The van der Waals surface area contributed by atoms with E-state index in [4.69, 9.17) is 27.9 Å². The van der Waals surface area contributed by atoms with Crippen molar-refractivity contribution in [2.24, 2.45) is 0 Å². The summed E-state index contributed by atoms with van der Waals surface area (Å²) in [6.07, 6.45) is 3.20. The largest absolute Gasteiger partial charge is 0.379 e. The molecule has 1 amide bonds. The van der Waals surface area contributed by atoms with Crippen molar-refractivity contribution < 1.29 is 17.9 Å². The zero-order chi connectivity index (χ0) is 21.4. The SMILES string of the molecule is CC(C)(C)n1cc(NC(=O)c2cc(S(=O)(=O)N3CCOCC3)c(Cl)cc2Cl)cn1. The highest BCUT2D eigenvalue weighted by Crippen LogP contribution is 2.31. The number of anilines is 1. The summed E-state index contributed by atoms with van der Waals surface area (Å²) in [6.45, 7) is 6.97. The first-order valence-electron chi connectivity index (χ1n) is 8.93. The first-order chi connectivity index (χ1) is 13.5. The Kier molecular flexibility index (Phi) is 6.26. The van der Waals surface area contributed by atoms with E-state index in [1.807, 2.05) is 20.8 Å². The summed E-state index contributed by atoms with van der Waals surface area (Å²) in [5, 5.41) is 6.92. The van der Waals surface area contributed by atoms with Crippen molar-refractivity contribution in [2.45, 2.75) is 31.2 Å². The fourth-order valence-electron chi connectivity index (χ4n) is 2.78. The predicted octanol–water partition coefficient (Wildman–Crippen LogP) is 3.22. The second-order valence-electron chi connectivity index (χ2n) is 7.58. The summed E-state index contributed by atoms with van der Waals surface area (Å²) in [7, 11) is -3.89. The lowest BCUT2D eigenvalue weighted by Gasteiger charge is -2.26. The van der Waals surface area contributed by atoms with Crippen molar-refractivity contribution in [1.29, 1.82) is 0 Å². The van der Waals surface area contributed by atoms with Crippen LogP contribution in [-0.4, -0.2) is 54.7 Å². The number of benzene rings is 1. The van der Waals surface area contributed by atoms with E-state index in [2.05, 4.69) is 10.4 Å². The highest BCUT2D eigenvalue weighted by atomic mass is 35.5. The molecule has 0 atom stereocenters. The molecule has 0 radical (unpaired) electrons. The first kappa shape index (κ1) is 22.0. The number of hydrogen-bond donors (Lipinski definition) is 1. The summed E-state index contributed by atoms with van der Waals surface area (Å²) >= 11 is 12.3. The molecule has 0 aliphatic carbocycles. The minimum absolute atomic E-state index is 0.00593. The summed E-state index contributed by atoms with van der Waals surface area (Å²) in [6, 6.07) is 2.48. The van der Waals surface area contributed by atoms with Gasteiger partial charge >= 0.3 is 0 Å². The third kappa shape index (κ3) is 4.75. The average Bonchev–Trinajstić information content (AvgIpc) is 3.11. The Hall–Kier alpha value is -1.65. The van der Waals surface area contributed by atoms with E-state index in [0.29, 0.717) is 18.9 Å². The lowest BCUT2D eigenvalue weighted by atomic mass is 10.1. The molecule has 29 heavy (non-hydrogen) atoms. The summed E-state index contributed by atoms with van der Waals surface area (Å²) < 4.78 is 34.1. The quantitative estimate of drug-likeness (QED) is 0.755. The minimum Gasteiger partial charge on any atom is -0.379 e. The molecule has 0 bridgehead atoms. The molecule has 1 saturated heterocycles. The molecule has 1 N–H and O–H groups in total. The van der Waals surface area contributed by atoms with Crippen LogP contribution < -0.4 is 5.32 Å². The number of amides is 1. The van der Waals surface area contributed by atoms with Gasteiger partial charge in [-0.3, -0.25) is 9.48 Å².